The van der Waals surface area contributed by atoms with E-state index in [-0.39, 0.29) is 5.75 Å². The zero-order chi connectivity index (χ0) is 18.1. The van der Waals surface area contributed by atoms with Crippen molar-refractivity contribution < 1.29 is 17.9 Å². The lowest BCUT2D eigenvalue weighted by atomic mass is 10.3. The van der Waals surface area contributed by atoms with Gasteiger partial charge in [0.1, 0.15) is 10.8 Å². The molecule has 0 saturated carbocycles. The summed E-state index contributed by atoms with van der Waals surface area (Å²) < 4.78 is 43.1. The van der Waals surface area contributed by atoms with E-state index in [4.69, 9.17) is 0 Å². The van der Waals surface area contributed by atoms with Crippen LogP contribution in [0.2, 0.25) is 0 Å². The number of fused-ring (bicyclic) bond motifs is 1. The Morgan fingerprint density at radius 3 is 2.46 bits per heavy atom. The number of ether oxygens (including phenoxy) is 1. The second kappa shape index (κ2) is 6.21. The standard InChI is InChI=1S/C12H6F3N9OS/c13-12(14,15)25-8-3-1-7(2-4-8)23-11(17-20-21-23)26-10-6-5-9-16-19-22-24(9)18-10/h1-6H. The summed E-state index contributed by atoms with van der Waals surface area (Å²) in [6.45, 7) is 0. The summed E-state index contributed by atoms with van der Waals surface area (Å²) in [6, 6.07) is 8.51. The van der Waals surface area contributed by atoms with Crippen molar-refractivity contribution in [3.05, 3.63) is 36.4 Å². The minimum absolute atomic E-state index is 0.339. The zero-order valence-electron chi connectivity index (χ0n) is 12.4. The van der Waals surface area contributed by atoms with Crippen molar-refractivity contribution in [2.45, 2.75) is 16.5 Å². The Morgan fingerprint density at radius 1 is 0.923 bits per heavy atom. The SMILES string of the molecule is FC(F)(F)Oc1ccc(-n2nnnc2Sc2ccc3nnnn3n2)cc1. The summed E-state index contributed by atoms with van der Waals surface area (Å²) in [4.78, 5) is 0. The van der Waals surface area contributed by atoms with E-state index in [1.165, 1.54) is 33.6 Å². The van der Waals surface area contributed by atoms with Gasteiger partial charge in [0, 0.05) is 0 Å². The fourth-order valence-corrected chi connectivity index (χ4v) is 2.72. The van der Waals surface area contributed by atoms with Gasteiger partial charge in [-0.1, -0.05) is 0 Å². The van der Waals surface area contributed by atoms with Crippen LogP contribution in [-0.4, -0.2) is 51.8 Å². The highest BCUT2D eigenvalue weighted by Gasteiger charge is 2.31. The van der Waals surface area contributed by atoms with Crippen LogP contribution in [-0.2, 0) is 0 Å². The van der Waals surface area contributed by atoms with Gasteiger partial charge < -0.3 is 4.74 Å². The second-order valence-electron chi connectivity index (χ2n) is 4.72. The predicted octanol–water partition coefficient (Wildman–Crippen LogP) is 1.54. The van der Waals surface area contributed by atoms with Crippen molar-refractivity contribution in [3.8, 4) is 11.4 Å². The average Bonchev–Trinajstić information content (AvgIpc) is 3.23. The lowest BCUT2D eigenvalue weighted by Crippen LogP contribution is -2.17. The first kappa shape index (κ1) is 16.2. The first-order chi connectivity index (χ1) is 12.5. The van der Waals surface area contributed by atoms with Crippen LogP contribution in [0.25, 0.3) is 11.3 Å². The predicted molar refractivity (Wildman–Crippen MR) is 78.5 cm³/mol. The van der Waals surface area contributed by atoms with Crippen molar-refractivity contribution in [1.29, 1.82) is 0 Å². The largest absolute Gasteiger partial charge is 0.573 e. The number of tetrazole rings is 2. The molecule has 132 valence electrons. The van der Waals surface area contributed by atoms with E-state index in [0.29, 0.717) is 21.5 Å². The Kier molecular flexibility index (Phi) is 3.87. The molecule has 0 amide bonds. The van der Waals surface area contributed by atoms with Gasteiger partial charge in [-0.2, -0.15) is 4.68 Å². The van der Waals surface area contributed by atoms with E-state index >= 15 is 0 Å². The van der Waals surface area contributed by atoms with E-state index < -0.39 is 6.36 Å². The van der Waals surface area contributed by atoms with Gasteiger partial charge in [-0.15, -0.1) is 33.1 Å². The molecule has 0 aliphatic heterocycles. The lowest BCUT2D eigenvalue weighted by Gasteiger charge is -2.09. The van der Waals surface area contributed by atoms with Crippen molar-refractivity contribution in [3.63, 3.8) is 0 Å². The van der Waals surface area contributed by atoms with Crippen molar-refractivity contribution in [1.82, 2.24) is 45.5 Å². The molecule has 0 unspecified atom stereocenters. The zero-order valence-corrected chi connectivity index (χ0v) is 13.3. The number of hydrogen-bond acceptors (Lipinski definition) is 9. The first-order valence-corrected chi connectivity index (χ1v) is 7.67. The van der Waals surface area contributed by atoms with Crippen LogP contribution in [0.5, 0.6) is 5.75 Å². The summed E-state index contributed by atoms with van der Waals surface area (Å²) in [7, 11) is 0. The van der Waals surface area contributed by atoms with Gasteiger partial charge in [0.2, 0.25) is 5.16 Å². The number of rotatable bonds is 4. The number of halogens is 3. The van der Waals surface area contributed by atoms with Crippen LogP contribution in [0.1, 0.15) is 0 Å². The van der Waals surface area contributed by atoms with Crippen molar-refractivity contribution in [2.75, 3.05) is 0 Å². The molecule has 10 nitrogen and oxygen atoms in total. The molecule has 14 heteroatoms. The number of nitrogens with zero attached hydrogens (tertiary/aromatic N) is 9. The van der Waals surface area contributed by atoms with Crippen LogP contribution in [0.4, 0.5) is 13.2 Å². The third-order valence-electron chi connectivity index (χ3n) is 3.00. The molecule has 1 aromatic carbocycles. The van der Waals surface area contributed by atoms with Gasteiger partial charge in [-0.05, 0) is 69.0 Å². The quantitative estimate of drug-likeness (QED) is 0.520. The monoisotopic (exact) mass is 381 g/mol. The molecule has 4 rings (SSSR count). The highest BCUT2D eigenvalue weighted by Crippen LogP contribution is 2.27. The minimum atomic E-state index is -4.75. The van der Waals surface area contributed by atoms with E-state index in [2.05, 4.69) is 40.9 Å². The molecule has 0 bridgehead atoms. The molecule has 0 atom stereocenters. The third kappa shape index (κ3) is 3.39. The van der Waals surface area contributed by atoms with Gasteiger partial charge >= 0.3 is 6.36 Å². The molecule has 4 aromatic rings. The Hall–Kier alpha value is -3.29. The molecule has 0 N–H and O–H groups in total. The molecule has 0 radical (unpaired) electrons. The molecule has 26 heavy (non-hydrogen) atoms. The van der Waals surface area contributed by atoms with E-state index in [1.54, 1.807) is 12.1 Å². The molecule has 0 aliphatic rings. The topological polar surface area (TPSA) is 109 Å². The van der Waals surface area contributed by atoms with Gasteiger partial charge in [0.25, 0.3) is 0 Å². The van der Waals surface area contributed by atoms with E-state index in [0.717, 1.165) is 11.8 Å². The van der Waals surface area contributed by atoms with Crippen LogP contribution in [0.3, 0.4) is 0 Å². The van der Waals surface area contributed by atoms with E-state index in [9.17, 15) is 13.2 Å². The van der Waals surface area contributed by atoms with Gasteiger partial charge in [0.15, 0.2) is 5.65 Å². The molecule has 0 fully saturated rings. The normalized spacial score (nSPS) is 11.8. The average molecular weight is 381 g/mol. The second-order valence-corrected chi connectivity index (χ2v) is 5.70. The summed E-state index contributed by atoms with van der Waals surface area (Å²) in [6.07, 6.45) is -4.75. The highest BCUT2D eigenvalue weighted by molar-refractivity contribution is 7.99. The van der Waals surface area contributed by atoms with Crippen LogP contribution < -0.4 is 4.74 Å². The molecule has 0 aliphatic carbocycles. The summed E-state index contributed by atoms with van der Waals surface area (Å²) in [5.41, 5.74) is 0.935. The molecular formula is C12H6F3N9OS. The number of alkyl halides is 3. The number of benzene rings is 1. The summed E-state index contributed by atoms with van der Waals surface area (Å²) >= 11 is 1.14. The smallest absolute Gasteiger partial charge is 0.406 e. The van der Waals surface area contributed by atoms with Crippen molar-refractivity contribution in [2.24, 2.45) is 0 Å². The molecule has 3 aromatic heterocycles. The third-order valence-corrected chi connectivity index (χ3v) is 3.86. The fourth-order valence-electron chi connectivity index (χ4n) is 1.97. The Morgan fingerprint density at radius 2 is 1.69 bits per heavy atom. The Bertz CT molecular complexity index is 1050. The van der Waals surface area contributed by atoms with Gasteiger partial charge in [-0.25, -0.2) is 0 Å². The van der Waals surface area contributed by atoms with Gasteiger partial charge in [0.05, 0.1) is 5.69 Å². The van der Waals surface area contributed by atoms with Crippen LogP contribution >= 0.6 is 11.8 Å². The van der Waals surface area contributed by atoms with Crippen molar-refractivity contribution >= 4 is 17.4 Å². The molecule has 0 saturated heterocycles. The number of hydrogen-bond donors (Lipinski definition) is 0. The Balaban J connectivity index is 1.58. The van der Waals surface area contributed by atoms with Gasteiger partial charge in [-0.3, -0.25) is 0 Å². The fraction of sp³-hybridized carbons (Fsp3) is 0.0833. The maximum Gasteiger partial charge on any atom is 0.573 e. The Labute approximate surface area is 145 Å². The molecule has 0 spiro atoms. The first-order valence-electron chi connectivity index (χ1n) is 6.86. The maximum atomic E-state index is 12.2. The van der Waals surface area contributed by atoms with Crippen LogP contribution in [0, 0.1) is 0 Å². The summed E-state index contributed by atoms with van der Waals surface area (Å²) in [5.74, 6) is -0.339. The minimum Gasteiger partial charge on any atom is -0.406 e. The molecular weight excluding hydrogens is 375 g/mol. The maximum absolute atomic E-state index is 12.2. The lowest BCUT2D eigenvalue weighted by molar-refractivity contribution is -0.274. The highest BCUT2D eigenvalue weighted by atomic mass is 32.2. The molecule has 3 heterocycles. The van der Waals surface area contributed by atoms with E-state index in [1.807, 2.05) is 0 Å². The number of aromatic nitrogens is 9. The summed E-state index contributed by atoms with van der Waals surface area (Å²) in [5, 5.41) is 27.3. The van der Waals surface area contributed by atoms with Crippen LogP contribution in [0.15, 0.2) is 46.6 Å².